The first-order chi connectivity index (χ1) is 13.0. The molecule has 3 rings (SSSR count). The number of carbonyl (C=O) groups is 1. The minimum atomic E-state index is -3.94. The van der Waals surface area contributed by atoms with E-state index in [1.165, 1.54) is 24.5 Å². The Bertz CT molecular complexity index is 981. The molecule has 0 radical (unpaired) electrons. The van der Waals surface area contributed by atoms with Gasteiger partial charge in [-0.05, 0) is 36.8 Å². The van der Waals surface area contributed by atoms with Crippen molar-refractivity contribution in [1.29, 1.82) is 0 Å². The minimum Gasteiger partial charge on any atom is -0.467 e. The van der Waals surface area contributed by atoms with Crippen LogP contribution in [0.1, 0.15) is 22.9 Å². The van der Waals surface area contributed by atoms with Crippen LogP contribution in [0.4, 0.5) is 0 Å². The van der Waals surface area contributed by atoms with Crippen molar-refractivity contribution in [3.63, 3.8) is 0 Å². The number of sulfonamides is 1. The Balaban J connectivity index is 1.79. The zero-order chi connectivity index (χ0) is 19.3. The molecule has 0 aliphatic heterocycles. The van der Waals surface area contributed by atoms with Crippen molar-refractivity contribution < 1.29 is 22.4 Å². The lowest BCUT2D eigenvalue weighted by Gasteiger charge is -2.16. The highest BCUT2D eigenvalue weighted by Gasteiger charge is 2.30. The van der Waals surface area contributed by atoms with Gasteiger partial charge in [0.2, 0.25) is 10.0 Å². The van der Waals surface area contributed by atoms with Gasteiger partial charge in [-0.15, -0.1) is 0 Å². The average Bonchev–Trinajstić information content (AvgIpc) is 3.20. The van der Waals surface area contributed by atoms with Crippen LogP contribution >= 0.6 is 0 Å². The van der Waals surface area contributed by atoms with Crippen LogP contribution in [0, 0.1) is 6.92 Å². The molecule has 0 saturated heterocycles. The number of rotatable bonds is 7. The predicted octanol–water partition coefficient (Wildman–Crippen LogP) is 3.35. The van der Waals surface area contributed by atoms with E-state index >= 15 is 0 Å². The summed E-state index contributed by atoms with van der Waals surface area (Å²) in [7, 11) is -3.94. The van der Waals surface area contributed by atoms with E-state index in [2.05, 4.69) is 4.72 Å². The lowest BCUT2D eigenvalue weighted by molar-refractivity contribution is -0.147. The summed E-state index contributed by atoms with van der Waals surface area (Å²) in [5.41, 5.74) is 1.73. The van der Waals surface area contributed by atoms with Crippen molar-refractivity contribution in [2.24, 2.45) is 0 Å². The van der Waals surface area contributed by atoms with Gasteiger partial charge in [0.25, 0.3) is 0 Å². The highest BCUT2D eigenvalue weighted by molar-refractivity contribution is 7.89. The van der Waals surface area contributed by atoms with Crippen LogP contribution in [0.2, 0.25) is 0 Å². The summed E-state index contributed by atoms with van der Waals surface area (Å²) >= 11 is 0. The second-order valence-corrected chi connectivity index (χ2v) is 7.69. The summed E-state index contributed by atoms with van der Waals surface area (Å²) in [6.45, 7) is 1.89. The summed E-state index contributed by atoms with van der Waals surface area (Å²) in [4.78, 5) is 12.6. The largest absolute Gasteiger partial charge is 0.467 e. The van der Waals surface area contributed by atoms with Crippen molar-refractivity contribution in [1.82, 2.24) is 4.72 Å². The van der Waals surface area contributed by atoms with Gasteiger partial charge in [-0.2, -0.15) is 4.72 Å². The highest BCUT2D eigenvalue weighted by Crippen LogP contribution is 2.20. The molecule has 3 aromatic rings. The summed E-state index contributed by atoms with van der Waals surface area (Å²) in [6.07, 6.45) is 1.37. The summed E-state index contributed by atoms with van der Waals surface area (Å²) < 4.78 is 38.2. The fourth-order valence-corrected chi connectivity index (χ4v) is 3.58. The fraction of sp³-hybridized carbons (Fsp3) is 0.150. The van der Waals surface area contributed by atoms with Crippen LogP contribution in [-0.2, 0) is 26.2 Å². The van der Waals surface area contributed by atoms with E-state index < -0.39 is 22.0 Å². The highest BCUT2D eigenvalue weighted by atomic mass is 32.2. The van der Waals surface area contributed by atoms with Crippen LogP contribution in [0.3, 0.4) is 0 Å². The zero-order valence-corrected chi connectivity index (χ0v) is 15.5. The molecule has 140 valence electrons. The lowest BCUT2D eigenvalue weighted by atomic mass is 10.2. The second-order valence-electron chi connectivity index (χ2n) is 5.98. The molecule has 7 heteroatoms. The minimum absolute atomic E-state index is 0.0309. The molecule has 0 aliphatic carbocycles. The predicted molar refractivity (Wildman–Crippen MR) is 99.2 cm³/mol. The SMILES string of the molecule is Cc1ccc(S(=O)(=O)N[C@H](C(=O)OCc2ccccc2)c2ccco2)cc1. The maximum absolute atomic E-state index is 12.7. The molecular formula is C20H19NO5S. The Morgan fingerprint density at radius 2 is 1.74 bits per heavy atom. The van der Waals surface area contributed by atoms with E-state index in [0.717, 1.165) is 11.1 Å². The van der Waals surface area contributed by atoms with Crippen LogP contribution in [0.25, 0.3) is 0 Å². The van der Waals surface area contributed by atoms with Gasteiger partial charge in [-0.3, -0.25) is 0 Å². The van der Waals surface area contributed by atoms with E-state index in [0.29, 0.717) is 0 Å². The van der Waals surface area contributed by atoms with Gasteiger partial charge in [-0.25, -0.2) is 13.2 Å². The Labute approximate surface area is 157 Å². The average molecular weight is 385 g/mol. The number of carbonyl (C=O) groups excluding carboxylic acids is 1. The van der Waals surface area contributed by atoms with Crippen molar-refractivity contribution in [3.8, 4) is 0 Å². The lowest BCUT2D eigenvalue weighted by Crippen LogP contribution is -2.34. The molecule has 0 bridgehead atoms. The Kier molecular flexibility index (Phi) is 5.73. The molecule has 27 heavy (non-hydrogen) atoms. The second kappa shape index (κ2) is 8.20. The van der Waals surface area contributed by atoms with Crippen molar-refractivity contribution in [2.75, 3.05) is 0 Å². The summed E-state index contributed by atoms with van der Waals surface area (Å²) in [6, 6.07) is 17.3. The smallest absolute Gasteiger partial charge is 0.332 e. The molecule has 0 fully saturated rings. The number of benzene rings is 2. The van der Waals surface area contributed by atoms with Gasteiger partial charge in [0.1, 0.15) is 12.4 Å². The number of esters is 1. The van der Waals surface area contributed by atoms with Crippen molar-refractivity contribution in [2.45, 2.75) is 24.5 Å². The maximum atomic E-state index is 12.7. The maximum Gasteiger partial charge on any atom is 0.332 e. The van der Waals surface area contributed by atoms with Gasteiger partial charge in [0, 0.05) is 0 Å². The molecule has 0 saturated carbocycles. The zero-order valence-electron chi connectivity index (χ0n) is 14.7. The van der Waals surface area contributed by atoms with Crippen LogP contribution in [-0.4, -0.2) is 14.4 Å². The Morgan fingerprint density at radius 3 is 2.37 bits per heavy atom. The molecule has 0 unspecified atom stereocenters. The number of hydrogen-bond acceptors (Lipinski definition) is 5. The summed E-state index contributed by atoms with van der Waals surface area (Å²) in [5.74, 6) is -0.590. The Morgan fingerprint density at radius 1 is 1.04 bits per heavy atom. The van der Waals surface area contributed by atoms with Gasteiger partial charge >= 0.3 is 5.97 Å². The molecule has 1 atom stereocenters. The molecule has 0 aliphatic rings. The third kappa shape index (κ3) is 4.84. The fourth-order valence-electron chi connectivity index (χ4n) is 2.43. The molecule has 0 amide bonds. The van der Waals surface area contributed by atoms with E-state index in [1.54, 1.807) is 18.2 Å². The number of aryl methyl sites for hydroxylation is 1. The number of ether oxygens (including phenoxy) is 1. The third-order valence-corrected chi connectivity index (χ3v) is 5.33. The van der Waals surface area contributed by atoms with E-state index in [9.17, 15) is 13.2 Å². The number of nitrogens with one attached hydrogen (secondary N) is 1. The topological polar surface area (TPSA) is 85.6 Å². The van der Waals surface area contributed by atoms with Gasteiger partial charge in [0.15, 0.2) is 6.04 Å². The summed E-state index contributed by atoms with van der Waals surface area (Å²) in [5, 5.41) is 0. The van der Waals surface area contributed by atoms with Crippen LogP contribution in [0.5, 0.6) is 0 Å². The first-order valence-electron chi connectivity index (χ1n) is 8.29. The van der Waals surface area contributed by atoms with E-state index in [1.807, 2.05) is 37.3 Å². The normalized spacial score (nSPS) is 12.5. The molecule has 2 aromatic carbocycles. The van der Waals surface area contributed by atoms with Gasteiger partial charge < -0.3 is 9.15 Å². The molecular weight excluding hydrogens is 366 g/mol. The third-order valence-electron chi connectivity index (χ3n) is 3.89. The molecule has 1 heterocycles. The number of furan rings is 1. The first-order valence-corrected chi connectivity index (χ1v) is 9.77. The molecule has 0 spiro atoms. The van der Waals surface area contributed by atoms with Crippen LogP contribution < -0.4 is 4.72 Å². The van der Waals surface area contributed by atoms with E-state index in [4.69, 9.17) is 9.15 Å². The van der Waals surface area contributed by atoms with Crippen molar-refractivity contribution >= 4 is 16.0 Å². The van der Waals surface area contributed by atoms with Crippen molar-refractivity contribution in [3.05, 3.63) is 89.9 Å². The molecule has 1 aromatic heterocycles. The standard InChI is InChI=1S/C20H19NO5S/c1-15-9-11-17(12-10-15)27(23,24)21-19(18-8-5-13-25-18)20(22)26-14-16-6-3-2-4-7-16/h2-13,19,21H,14H2,1H3/t19-/m0/s1. The monoisotopic (exact) mass is 385 g/mol. The molecule has 1 N–H and O–H groups in total. The Hall–Kier alpha value is -2.90. The van der Waals surface area contributed by atoms with E-state index in [-0.39, 0.29) is 17.3 Å². The van der Waals surface area contributed by atoms with Gasteiger partial charge in [0.05, 0.1) is 11.2 Å². The van der Waals surface area contributed by atoms with Crippen LogP contribution in [0.15, 0.2) is 82.3 Å². The quantitative estimate of drug-likeness (QED) is 0.631. The molecule has 6 nitrogen and oxygen atoms in total. The first kappa shape index (κ1) is 18.9. The number of hydrogen-bond donors (Lipinski definition) is 1. The van der Waals surface area contributed by atoms with Gasteiger partial charge in [-0.1, -0.05) is 48.0 Å².